The predicted molar refractivity (Wildman–Crippen MR) is 59.9 cm³/mol. The molecule has 0 aliphatic carbocycles. The molecule has 1 rings (SSSR count). The summed E-state index contributed by atoms with van der Waals surface area (Å²) in [6, 6.07) is 1.60. The number of esters is 1. The van der Waals surface area contributed by atoms with Gasteiger partial charge in [0.15, 0.2) is 5.82 Å². The molecule has 0 aromatic carbocycles. The zero-order chi connectivity index (χ0) is 12.0. The van der Waals surface area contributed by atoms with Gasteiger partial charge >= 0.3 is 5.97 Å². The summed E-state index contributed by atoms with van der Waals surface area (Å²) in [5, 5.41) is 0.630. The standard InChI is InChI=1S/C9H13N3O3S/c1-14-4-7-11-6(10)3-8(12-7)16-5-9(13)15-2/h3H,4-5H2,1-2H3,(H2,10,11,12). The lowest BCUT2D eigenvalue weighted by Crippen LogP contribution is -2.05. The molecule has 0 bridgehead atoms. The molecule has 0 spiro atoms. The molecule has 1 aromatic heterocycles. The monoisotopic (exact) mass is 243 g/mol. The highest BCUT2D eigenvalue weighted by Crippen LogP contribution is 2.17. The maximum Gasteiger partial charge on any atom is 0.316 e. The summed E-state index contributed by atoms with van der Waals surface area (Å²) in [5.41, 5.74) is 5.59. The van der Waals surface area contributed by atoms with Gasteiger partial charge < -0.3 is 15.2 Å². The SMILES string of the molecule is COCc1nc(N)cc(SCC(=O)OC)n1. The van der Waals surface area contributed by atoms with E-state index in [2.05, 4.69) is 14.7 Å². The van der Waals surface area contributed by atoms with E-state index in [-0.39, 0.29) is 18.3 Å². The number of nitrogen functional groups attached to an aromatic ring is 1. The number of rotatable bonds is 5. The molecule has 0 saturated carbocycles. The molecule has 0 radical (unpaired) electrons. The quantitative estimate of drug-likeness (QED) is 0.457. The molecule has 0 aliphatic heterocycles. The zero-order valence-electron chi connectivity index (χ0n) is 9.10. The molecule has 0 atom stereocenters. The van der Waals surface area contributed by atoms with Gasteiger partial charge in [0.2, 0.25) is 0 Å². The van der Waals surface area contributed by atoms with Crippen LogP contribution in [0, 0.1) is 0 Å². The van der Waals surface area contributed by atoms with Crippen molar-refractivity contribution in [1.29, 1.82) is 0 Å². The molecule has 1 heterocycles. The number of ether oxygens (including phenoxy) is 2. The summed E-state index contributed by atoms with van der Waals surface area (Å²) < 4.78 is 9.42. The van der Waals surface area contributed by atoms with E-state index in [1.54, 1.807) is 13.2 Å². The van der Waals surface area contributed by atoms with E-state index in [1.807, 2.05) is 0 Å². The fourth-order valence-electron chi connectivity index (χ4n) is 0.952. The molecule has 88 valence electrons. The summed E-state index contributed by atoms with van der Waals surface area (Å²) in [6.45, 7) is 0.289. The summed E-state index contributed by atoms with van der Waals surface area (Å²) in [6.07, 6.45) is 0. The van der Waals surface area contributed by atoms with E-state index in [1.165, 1.54) is 18.9 Å². The third-order valence-electron chi connectivity index (χ3n) is 1.61. The van der Waals surface area contributed by atoms with Crippen LogP contribution in [-0.4, -0.2) is 35.9 Å². The van der Waals surface area contributed by atoms with Crippen LogP contribution in [0.25, 0.3) is 0 Å². The lowest BCUT2D eigenvalue weighted by Gasteiger charge is -2.04. The van der Waals surface area contributed by atoms with E-state index >= 15 is 0 Å². The molecule has 6 nitrogen and oxygen atoms in total. The second-order valence-electron chi connectivity index (χ2n) is 2.85. The van der Waals surface area contributed by atoms with Crippen LogP contribution in [0.3, 0.4) is 0 Å². The molecule has 0 saturated heterocycles. The zero-order valence-corrected chi connectivity index (χ0v) is 9.91. The third kappa shape index (κ3) is 4.03. The third-order valence-corrected chi connectivity index (χ3v) is 2.49. The second kappa shape index (κ2) is 6.29. The Balaban J connectivity index is 2.68. The first kappa shape index (κ1) is 12.7. The number of hydrogen-bond donors (Lipinski definition) is 1. The van der Waals surface area contributed by atoms with Gasteiger partial charge in [0, 0.05) is 13.2 Å². The van der Waals surface area contributed by atoms with Crippen molar-refractivity contribution in [2.24, 2.45) is 0 Å². The summed E-state index contributed by atoms with van der Waals surface area (Å²) >= 11 is 1.25. The smallest absolute Gasteiger partial charge is 0.316 e. The summed E-state index contributed by atoms with van der Waals surface area (Å²) in [4.78, 5) is 19.1. The second-order valence-corrected chi connectivity index (χ2v) is 3.84. The van der Waals surface area contributed by atoms with Gasteiger partial charge in [0.05, 0.1) is 12.9 Å². The minimum atomic E-state index is -0.310. The van der Waals surface area contributed by atoms with Crippen LogP contribution in [0.15, 0.2) is 11.1 Å². The number of carbonyl (C=O) groups excluding carboxylic acids is 1. The molecular formula is C9H13N3O3S. The van der Waals surface area contributed by atoms with Crippen molar-refractivity contribution < 1.29 is 14.3 Å². The van der Waals surface area contributed by atoms with E-state index in [9.17, 15) is 4.79 Å². The molecule has 7 heteroatoms. The fraction of sp³-hybridized carbons (Fsp3) is 0.444. The summed E-state index contributed by atoms with van der Waals surface area (Å²) in [5.74, 6) is 0.735. The van der Waals surface area contributed by atoms with Crippen LogP contribution in [-0.2, 0) is 20.9 Å². The Morgan fingerprint density at radius 3 is 2.88 bits per heavy atom. The van der Waals surface area contributed by atoms with Gasteiger partial charge in [-0.3, -0.25) is 4.79 Å². The van der Waals surface area contributed by atoms with Gasteiger partial charge in [-0.25, -0.2) is 9.97 Å². The first-order valence-electron chi connectivity index (χ1n) is 4.47. The molecule has 0 aliphatic rings. The van der Waals surface area contributed by atoms with E-state index in [0.29, 0.717) is 16.7 Å². The topological polar surface area (TPSA) is 87.3 Å². The number of aromatic nitrogens is 2. The van der Waals surface area contributed by atoms with Gasteiger partial charge in [0.25, 0.3) is 0 Å². The van der Waals surface area contributed by atoms with Gasteiger partial charge in [-0.2, -0.15) is 0 Å². The normalized spacial score (nSPS) is 10.1. The molecule has 0 amide bonds. The number of thioether (sulfide) groups is 1. The van der Waals surface area contributed by atoms with Crippen molar-refractivity contribution in [2.75, 3.05) is 25.7 Å². The summed E-state index contributed by atoms with van der Waals surface area (Å²) in [7, 11) is 2.89. The van der Waals surface area contributed by atoms with Crippen LogP contribution in [0.1, 0.15) is 5.82 Å². The molecule has 16 heavy (non-hydrogen) atoms. The lowest BCUT2D eigenvalue weighted by atomic mass is 10.5. The predicted octanol–water partition coefficient (Wildman–Crippen LogP) is 0.470. The van der Waals surface area contributed by atoms with Gasteiger partial charge in [-0.15, -0.1) is 0 Å². The largest absolute Gasteiger partial charge is 0.468 e. The number of anilines is 1. The van der Waals surface area contributed by atoms with Crippen LogP contribution < -0.4 is 5.73 Å². The highest BCUT2D eigenvalue weighted by Gasteiger charge is 2.06. The fourth-order valence-corrected chi connectivity index (χ4v) is 1.71. The molecule has 0 unspecified atom stereocenters. The van der Waals surface area contributed by atoms with Gasteiger partial charge in [-0.1, -0.05) is 11.8 Å². The Hall–Kier alpha value is -1.34. The van der Waals surface area contributed by atoms with Crippen molar-refractivity contribution in [1.82, 2.24) is 9.97 Å². The average molecular weight is 243 g/mol. The highest BCUT2D eigenvalue weighted by atomic mass is 32.2. The number of nitrogens with zero attached hydrogens (tertiary/aromatic N) is 2. The maximum atomic E-state index is 10.9. The number of nitrogens with two attached hydrogens (primary N) is 1. The minimum absolute atomic E-state index is 0.194. The Morgan fingerprint density at radius 1 is 1.50 bits per heavy atom. The number of hydrogen-bond acceptors (Lipinski definition) is 7. The Bertz CT molecular complexity index is 373. The van der Waals surface area contributed by atoms with Crippen LogP contribution in [0.5, 0.6) is 0 Å². The van der Waals surface area contributed by atoms with Crippen molar-refractivity contribution in [3.63, 3.8) is 0 Å². The van der Waals surface area contributed by atoms with Crippen molar-refractivity contribution in [3.8, 4) is 0 Å². The Kier molecular flexibility index (Phi) is 5.00. The Labute approximate surface area is 97.5 Å². The molecule has 0 fully saturated rings. The molecule has 1 aromatic rings. The van der Waals surface area contributed by atoms with E-state index in [0.717, 1.165) is 0 Å². The maximum absolute atomic E-state index is 10.9. The van der Waals surface area contributed by atoms with Gasteiger partial charge in [0.1, 0.15) is 17.5 Å². The molecule has 2 N–H and O–H groups in total. The molecular weight excluding hydrogens is 230 g/mol. The van der Waals surface area contributed by atoms with Crippen LogP contribution >= 0.6 is 11.8 Å². The van der Waals surface area contributed by atoms with E-state index in [4.69, 9.17) is 10.5 Å². The van der Waals surface area contributed by atoms with Gasteiger partial charge in [-0.05, 0) is 0 Å². The lowest BCUT2D eigenvalue weighted by molar-refractivity contribution is -0.137. The number of carbonyl (C=O) groups is 1. The first-order chi connectivity index (χ1) is 7.65. The van der Waals surface area contributed by atoms with Crippen LogP contribution in [0.2, 0.25) is 0 Å². The average Bonchev–Trinajstić information content (AvgIpc) is 2.25. The van der Waals surface area contributed by atoms with Crippen LogP contribution in [0.4, 0.5) is 5.82 Å². The highest BCUT2D eigenvalue weighted by molar-refractivity contribution is 7.99. The number of methoxy groups -OCH3 is 2. The van der Waals surface area contributed by atoms with Crippen molar-refractivity contribution >= 4 is 23.5 Å². The van der Waals surface area contributed by atoms with E-state index < -0.39 is 0 Å². The van der Waals surface area contributed by atoms with Crippen molar-refractivity contribution in [2.45, 2.75) is 11.6 Å². The minimum Gasteiger partial charge on any atom is -0.468 e. The Morgan fingerprint density at radius 2 is 2.25 bits per heavy atom. The first-order valence-corrected chi connectivity index (χ1v) is 5.46. The van der Waals surface area contributed by atoms with Crippen molar-refractivity contribution in [3.05, 3.63) is 11.9 Å².